The molecule has 1 fully saturated rings. The van der Waals surface area contributed by atoms with Gasteiger partial charge in [0.15, 0.2) is 17.6 Å². The van der Waals surface area contributed by atoms with Gasteiger partial charge in [0, 0.05) is 37.6 Å². The summed E-state index contributed by atoms with van der Waals surface area (Å²) in [6.45, 7) is 4.62. The monoisotopic (exact) mass is 542 g/mol. The molecule has 1 unspecified atom stereocenters. The number of pyridine rings is 1. The summed E-state index contributed by atoms with van der Waals surface area (Å²) >= 11 is 0. The van der Waals surface area contributed by atoms with Crippen LogP contribution in [0.1, 0.15) is 18.9 Å². The predicted molar refractivity (Wildman–Crippen MR) is 131 cm³/mol. The van der Waals surface area contributed by atoms with Gasteiger partial charge >= 0.3 is 6.09 Å². The van der Waals surface area contributed by atoms with Gasteiger partial charge in [0.05, 0.1) is 13.7 Å². The molecular formula is C21H28FIN6O2. The van der Waals surface area contributed by atoms with Gasteiger partial charge in [-0.05, 0) is 43.2 Å². The quantitative estimate of drug-likeness (QED) is 0.295. The number of guanidine groups is 1. The number of hydrogen-bond donors (Lipinski definition) is 3. The minimum atomic E-state index is -0.504. The summed E-state index contributed by atoms with van der Waals surface area (Å²) in [6, 6.07) is 10.6. The van der Waals surface area contributed by atoms with Crippen molar-refractivity contribution >= 4 is 47.5 Å². The van der Waals surface area contributed by atoms with E-state index in [2.05, 4.69) is 30.7 Å². The Kier molecular flexibility index (Phi) is 9.76. The summed E-state index contributed by atoms with van der Waals surface area (Å²) in [5.41, 5.74) is 1.67. The van der Waals surface area contributed by atoms with Crippen LogP contribution < -0.4 is 20.9 Å². The third-order valence-electron chi connectivity index (χ3n) is 4.72. The Morgan fingerprint density at radius 2 is 2.10 bits per heavy atom. The maximum atomic E-state index is 14.0. The number of aromatic nitrogens is 1. The van der Waals surface area contributed by atoms with E-state index in [4.69, 9.17) is 0 Å². The second-order valence-corrected chi connectivity index (χ2v) is 6.89. The van der Waals surface area contributed by atoms with Crippen LogP contribution in [0.5, 0.6) is 0 Å². The highest BCUT2D eigenvalue weighted by atomic mass is 127. The number of hydrogen-bond acceptors (Lipinski definition) is 5. The van der Waals surface area contributed by atoms with Gasteiger partial charge < -0.3 is 20.3 Å². The van der Waals surface area contributed by atoms with Gasteiger partial charge in [-0.25, -0.2) is 19.2 Å². The lowest BCUT2D eigenvalue weighted by Gasteiger charge is -2.20. The number of anilines is 2. The summed E-state index contributed by atoms with van der Waals surface area (Å²) in [5.74, 6) is 0.802. The first-order chi connectivity index (χ1) is 14.6. The molecule has 1 amide bonds. The zero-order valence-electron chi connectivity index (χ0n) is 17.6. The summed E-state index contributed by atoms with van der Waals surface area (Å²) in [7, 11) is 1.32. The van der Waals surface area contributed by atoms with E-state index < -0.39 is 6.09 Å². The van der Waals surface area contributed by atoms with E-state index in [-0.39, 0.29) is 35.8 Å². The van der Waals surface area contributed by atoms with Crippen LogP contribution in [0.4, 0.5) is 20.7 Å². The van der Waals surface area contributed by atoms with Crippen molar-refractivity contribution in [3.05, 3.63) is 54.0 Å². The number of methoxy groups -OCH3 is 1. The van der Waals surface area contributed by atoms with Gasteiger partial charge in [-0.15, -0.1) is 24.0 Å². The lowest BCUT2D eigenvalue weighted by atomic mass is 10.2. The minimum absolute atomic E-state index is 0. The summed E-state index contributed by atoms with van der Waals surface area (Å²) in [6.07, 6.45) is 1.97. The van der Waals surface area contributed by atoms with E-state index in [1.165, 1.54) is 13.2 Å². The van der Waals surface area contributed by atoms with Crippen LogP contribution in [0.15, 0.2) is 47.6 Å². The first-order valence-electron chi connectivity index (χ1n) is 9.93. The van der Waals surface area contributed by atoms with Crippen molar-refractivity contribution in [2.45, 2.75) is 25.9 Å². The maximum absolute atomic E-state index is 14.0. The van der Waals surface area contributed by atoms with Crippen molar-refractivity contribution in [3.63, 3.8) is 0 Å². The molecule has 8 nitrogen and oxygen atoms in total. The molecule has 3 N–H and O–H groups in total. The normalized spacial score (nSPS) is 15.8. The number of carbonyl (C=O) groups is 1. The van der Waals surface area contributed by atoms with Gasteiger partial charge in [0.25, 0.3) is 0 Å². The maximum Gasteiger partial charge on any atom is 0.411 e. The van der Waals surface area contributed by atoms with E-state index in [1.807, 2.05) is 24.0 Å². The first-order valence-corrected chi connectivity index (χ1v) is 9.93. The number of rotatable bonds is 6. The standard InChI is InChI=1S/C21H27FN6O2.HI/c1-3-23-20(25-13-15-6-8-16(9-7-15)27-21(29)30-2)26-17-10-12-28(14-17)19-18(22)5-4-11-24-19;/h4-9,11,17H,3,10,12-14H2,1-2H3,(H,27,29)(H2,23,25,26);1H. The number of ether oxygens (including phenoxy) is 1. The van der Waals surface area contributed by atoms with Crippen molar-refractivity contribution in [2.24, 2.45) is 4.99 Å². The fourth-order valence-electron chi connectivity index (χ4n) is 3.23. The van der Waals surface area contributed by atoms with Crippen molar-refractivity contribution in [1.82, 2.24) is 15.6 Å². The highest BCUT2D eigenvalue weighted by molar-refractivity contribution is 14.0. The molecule has 31 heavy (non-hydrogen) atoms. The molecule has 0 spiro atoms. The van der Waals surface area contributed by atoms with Crippen LogP contribution in [0.2, 0.25) is 0 Å². The van der Waals surface area contributed by atoms with Gasteiger partial charge in [-0.3, -0.25) is 5.32 Å². The molecule has 0 radical (unpaired) electrons. The summed E-state index contributed by atoms with van der Waals surface area (Å²) < 4.78 is 18.6. The van der Waals surface area contributed by atoms with Gasteiger partial charge in [-0.1, -0.05) is 12.1 Å². The average Bonchev–Trinajstić information content (AvgIpc) is 3.21. The molecule has 1 aliphatic heterocycles. The molecule has 0 saturated carbocycles. The number of amides is 1. The second-order valence-electron chi connectivity index (χ2n) is 6.89. The van der Waals surface area contributed by atoms with E-state index in [1.54, 1.807) is 24.4 Å². The lowest BCUT2D eigenvalue weighted by molar-refractivity contribution is 0.187. The summed E-state index contributed by atoms with van der Waals surface area (Å²) in [4.78, 5) is 22.0. The lowest BCUT2D eigenvalue weighted by Crippen LogP contribution is -2.44. The Hall–Kier alpha value is -2.63. The molecule has 10 heteroatoms. The summed E-state index contributed by atoms with van der Waals surface area (Å²) in [5, 5.41) is 9.29. The Bertz CT molecular complexity index is 880. The molecule has 1 saturated heterocycles. The molecule has 1 aromatic carbocycles. The first kappa shape index (κ1) is 24.6. The van der Waals surface area contributed by atoms with Crippen molar-refractivity contribution in [2.75, 3.05) is 37.0 Å². The number of halogens is 2. The van der Waals surface area contributed by atoms with Gasteiger partial charge in [0.2, 0.25) is 0 Å². The van der Waals surface area contributed by atoms with Crippen LogP contribution in [0, 0.1) is 5.82 Å². The van der Waals surface area contributed by atoms with Crippen LogP contribution in [0.3, 0.4) is 0 Å². The highest BCUT2D eigenvalue weighted by Crippen LogP contribution is 2.20. The fourth-order valence-corrected chi connectivity index (χ4v) is 3.23. The zero-order chi connectivity index (χ0) is 21.3. The number of carbonyl (C=O) groups excluding carboxylic acids is 1. The van der Waals surface area contributed by atoms with Gasteiger partial charge in [-0.2, -0.15) is 0 Å². The third-order valence-corrected chi connectivity index (χ3v) is 4.72. The number of aliphatic imine (C=N–C) groups is 1. The Balaban J connectivity index is 0.00000341. The SMILES string of the molecule is CCNC(=NCc1ccc(NC(=O)OC)cc1)NC1CCN(c2ncccc2F)C1.I. The van der Waals surface area contributed by atoms with E-state index >= 15 is 0 Å². The smallest absolute Gasteiger partial charge is 0.411 e. The Morgan fingerprint density at radius 1 is 1.32 bits per heavy atom. The molecule has 0 aliphatic carbocycles. The van der Waals surface area contributed by atoms with E-state index in [0.29, 0.717) is 30.6 Å². The molecule has 2 aromatic rings. The second kappa shape index (κ2) is 12.3. The predicted octanol–water partition coefficient (Wildman–Crippen LogP) is 3.35. The van der Waals surface area contributed by atoms with Crippen molar-refractivity contribution in [1.29, 1.82) is 0 Å². The molecular weight excluding hydrogens is 514 g/mol. The highest BCUT2D eigenvalue weighted by Gasteiger charge is 2.25. The molecule has 2 heterocycles. The zero-order valence-corrected chi connectivity index (χ0v) is 19.9. The number of benzene rings is 1. The van der Waals surface area contributed by atoms with Crippen molar-refractivity contribution < 1.29 is 13.9 Å². The Labute approximate surface area is 198 Å². The van der Waals surface area contributed by atoms with Crippen LogP contribution in [0.25, 0.3) is 0 Å². The van der Waals surface area contributed by atoms with E-state index in [0.717, 1.165) is 25.1 Å². The largest absolute Gasteiger partial charge is 0.453 e. The van der Waals surface area contributed by atoms with Crippen molar-refractivity contribution in [3.8, 4) is 0 Å². The fraction of sp³-hybridized carbons (Fsp3) is 0.381. The number of nitrogens with one attached hydrogen (secondary N) is 3. The Morgan fingerprint density at radius 3 is 2.77 bits per heavy atom. The van der Waals surface area contributed by atoms with Crippen LogP contribution in [-0.4, -0.2) is 49.8 Å². The van der Waals surface area contributed by atoms with Crippen LogP contribution in [-0.2, 0) is 11.3 Å². The molecule has 168 valence electrons. The third kappa shape index (κ3) is 7.23. The van der Waals surface area contributed by atoms with Gasteiger partial charge in [0.1, 0.15) is 0 Å². The molecule has 1 aromatic heterocycles. The van der Waals surface area contributed by atoms with E-state index in [9.17, 15) is 9.18 Å². The molecule has 3 rings (SSSR count). The molecule has 0 bridgehead atoms. The molecule has 1 atom stereocenters. The molecule has 1 aliphatic rings. The number of nitrogens with zero attached hydrogens (tertiary/aromatic N) is 3. The minimum Gasteiger partial charge on any atom is -0.453 e. The van der Waals surface area contributed by atoms with Crippen LogP contribution >= 0.6 is 24.0 Å². The average molecular weight is 542 g/mol. The topological polar surface area (TPSA) is 90.9 Å².